The quantitative estimate of drug-likeness (QED) is 0.579. The molecule has 2 aliphatic rings. The topological polar surface area (TPSA) is 70.2 Å². The molecule has 0 radical (unpaired) electrons. The Morgan fingerprint density at radius 2 is 1.81 bits per heavy atom. The molecule has 0 saturated carbocycles. The molecule has 2 fully saturated rings. The van der Waals surface area contributed by atoms with Gasteiger partial charge in [0, 0.05) is 12.5 Å². The van der Waals surface area contributed by atoms with Crippen LogP contribution < -0.4 is 16.0 Å². The van der Waals surface area contributed by atoms with Crippen LogP contribution in [0.3, 0.4) is 0 Å². The van der Waals surface area contributed by atoms with Crippen molar-refractivity contribution in [3.63, 3.8) is 0 Å². The van der Waals surface area contributed by atoms with Crippen LogP contribution in [-0.4, -0.2) is 37.0 Å². The highest BCUT2D eigenvalue weighted by atomic mass is 35.5. The zero-order valence-electron chi connectivity index (χ0n) is 9.12. The van der Waals surface area contributed by atoms with Gasteiger partial charge in [-0.05, 0) is 32.4 Å². The normalized spacial score (nSPS) is 27.1. The summed E-state index contributed by atoms with van der Waals surface area (Å²) in [6.45, 7) is 2.01. The summed E-state index contributed by atoms with van der Waals surface area (Å²) in [7, 11) is 0. The molecule has 0 aromatic heterocycles. The minimum atomic E-state index is -0.175. The van der Waals surface area contributed by atoms with E-state index in [2.05, 4.69) is 16.0 Å². The molecule has 16 heavy (non-hydrogen) atoms. The summed E-state index contributed by atoms with van der Waals surface area (Å²) in [5.41, 5.74) is 0. The van der Waals surface area contributed by atoms with Gasteiger partial charge in [0.15, 0.2) is 0 Å². The van der Waals surface area contributed by atoms with Gasteiger partial charge in [0.25, 0.3) is 0 Å². The summed E-state index contributed by atoms with van der Waals surface area (Å²) in [6.07, 6.45) is 3.19. The highest BCUT2D eigenvalue weighted by molar-refractivity contribution is 6.00. The second-order valence-electron chi connectivity index (χ2n) is 4.19. The largest absolute Gasteiger partial charge is 0.317 e. The summed E-state index contributed by atoms with van der Waals surface area (Å²) in [5, 5.41) is 8.96. The van der Waals surface area contributed by atoms with E-state index < -0.39 is 0 Å². The van der Waals surface area contributed by atoms with Crippen molar-refractivity contribution < 1.29 is 9.59 Å². The van der Waals surface area contributed by atoms with Crippen molar-refractivity contribution in [1.82, 2.24) is 16.0 Å². The summed E-state index contributed by atoms with van der Waals surface area (Å²) in [4.78, 5) is 22.4. The lowest BCUT2D eigenvalue weighted by Gasteiger charge is -2.29. The lowest BCUT2D eigenvalue weighted by molar-refractivity contribution is -0.134. The van der Waals surface area contributed by atoms with Crippen LogP contribution >= 0.6 is 12.4 Å². The van der Waals surface area contributed by atoms with E-state index in [1.165, 1.54) is 0 Å². The van der Waals surface area contributed by atoms with E-state index in [0.29, 0.717) is 18.9 Å². The molecule has 2 heterocycles. The predicted octanol–water partition coefficient (Wildman–Crippen LogP) is -0.445. The molecule has 0 spiro atoms. The van der Waals surface area contributed by atoms with Crippen molar-refractivity contribution in [2.75, 3.05) is 13.1 Å². The van der Waals surface area contributed by atoms with E-state index in [4.69, 9.17) is 0 Å². The van der Waals surface area contributed by atoms with Gasteiger partial charge in [-0.2, -0.15) is 0 Å². The zero-order chi connectivity index (χ0) is 10.7. The highest BCUT2D eigenvalue weighted by Gasteiger charge is 2.28. The SMILES string of the molecule is Cl.O=C1CCC(NC2CCNCC2)C(=O)N1. The number of piperidine rings is 2. The summed E-state index contributed by atoms with van der Waals surface area (Å²) < 4.78 is 0. The third-order valence-corrected chi connectivity index (χ3v) is 3.02. The second-order valence-corrected chi connectivity index (χ2v) is 4.19. The van der Waals surface area contributed by atoms with Gasteiger partial charge >= 0.3 is 0 Å². The van der Waals surface area contributed by atoms with Crippen LogP contribution in [0.1, 0.15) is 25.7 Å². The number of amides is 2. The third-order valence-electron chi connectivity index (χ3n) is 3.02. The molecule has 92 valence electrons. The van der Waals surface area contributed by atoms with Gasteiger partial charge in [-0.1, -0.05) is 0 Å². The number of carbonyl (C=O) groups is 2. The van der Waals surface area contributed by atoms with E-state index in [0.717, 1.165) is 25.9 Å². The van der Waals surface area contributed by atoms with Crippen LogP contribution in [0.2, 0.25) is 0 Å². The molecule has 3 N–H and O–H groups in total. The van der Waals surface area contributed by atoms with E-state index in [1.807, 2.05) is 0 Å². The van der Waals surface area contributed by atoms with Crippen LogP contribution in [0.25, 0.3) is 0 Å². The first-order valence-corrected chi connectivity index (χ1v) is 5.56. The van der Waals surface area contributed by atoms with Crippen molar-refractivity contribution in [2.24, 2.45) is 0 Å². The molecule has 2 saturated heterocycles. The van der Waals surface area contributed by atoms with Crippen LogP contribution in [0, 0.1) is 0 Å². The van der Waals surface area contributed by atoms with Crippen LogP contribution in [0.5, 0.6) is 0 Å². The number of imide groups is 1. The summed E-state index contributed by atoms with van der Waals surface area (Å²) in [6, 6.07) is 0.237. The van der Waals surface area contributed by atoms with E-state index in [-0.39, 0.29) is 30.3 Å². The first-order valence-electron chi connectivity index (χ1n) is 5.56. The monoisotopic (exact) mass is 247 g/mol. The maximum atomic E-state index is 11.5. The Morgan fingerprint density at radius 3 is 2.44 bits per heavy atom. The van der Waals surface area contributed by atoms with Gasteiger partial charge in [0.05, 0.1) is 6.04 Å². The van der Waals surface area contributed by atoms with Crippen molar-refractivity contribution in [3.8, 4) is 0 Å². The van der Waals surface area contributed by atoms with Gasteiger partial charge in [-0.3, -0.25) is 14.9 Å². The van der Waals surface area contributed by atoms with Crippen molar-refractivity contribution >= 4 is 24.2 Å². The molecule has 1 unspecified atom stereocenters. The molecule has 2 aliphatic heterocycles. The number of hydrogen-bond acceptors (Lipinski definition) is 4. The summed E-state index contributed by atoms with van der Waals surface area (Å²) >= 11 is 0. The molecule has 0 bridgehead atoms. The Bertz CT molecular complexity index is 267. The lowest BCUT2D eigenvalue weighted by atomic mass is 10.0. The molecule has 0 aromatic carbocycles. The zero-order valence-corrected chi connectivity index (χ0v) is 9.94. The number of halogens is 1. The molecule has 2 amide bonds. The van der Waals surface area contributed by atoms with Gasteiger partial charge in [0.2, 0.25) is 11.8 Å². The maximum Gasteiger partial charge on any atom is 0.243 e. The molecule has 0 aromatic rings. The number of rotatable bonds is 2. The van der Waals surface area contributed by atoms with Gasteiger partial charge in [-0.25, -0.2) is 0 Å². The first kappa shape index (κ1) is 13.4. The maximum absolute atomic E-state index is 11.5. The molecule has 2 rings (SSSR count). The molecular weight excluding hydrogens is 230 g/mol. The van der Waals surface area contributed by atoms with Crippen molar-refractivity contribution in [3.05, 3.63) is 0 Å². The highest BCUT2D eigenvalue weighted by Crippen LogP contribution is 2.09. The third kappa shape index (κ3) is 3.43. The average Bonchev–Trinajstić information content (AvgIpc) is 2.24. The number of nitrogens with one attached hydrogen (secondary N) is 3. The Hall–Kier alpha value is -0.650. The molecule has 5 nitrogen and oxygen atoms in total. The van der Waals surface area contributed by atoms with Crippen molar-refractivity contribution in [1.29, 1.82) is 0 Å². The molecule has 1 atom stereocenters. The molecule has 6 heteroatoms. The standard InChI is InChI=1S/C10H17N3O2.ClH/c14-9-2-1-8(10(15)13-9)12-7-3-5-11-6-4-7;/h7-8,11-12H,1-6H2,(H,13,14,15);1H. The van der Waals surface area contributed by atoms with E-state index >= 15 is 0 Å². The van der Waals surface area contributed by atoms with Crippen LogP contribution in [0.4, 0.5) is 0 Å². The lowest BCUT2D eigenvalue weighted by Crippen LogP contribution is -2.54. The Labute approximate surface area is 101 Å². The fourth-order valence-electron chi connectivity index (χ4n) is 2.13. The Morgan fingerprint density at radius 1 is 1.12 bits per heavy atom. The van der Waals surface area contributed by atoms with Gasteiger partial charge in [-0.15, -0.1) is 12.4 Å². The smallest absolute Gasteiger partial charge is 0.243 e. The van der Waals surface area contributed by atoms with E-state index in [1.54, 1.807) is 0 Å². The minimum Gasteiger partial charge on any atom is -0.317 e. The predicted molar refractivity (Wildman–Crippen MR) is 62.4 cm³/mol. The minimum absolute atomic E-state index is 0. The van der Waals surface area contributed by atoms with E-state index in [9.17, 15) is 9.59 Å². The van der Waals surface area contributed by atoms with Crippen LogP contribution in [-0.2, 0) is 9.59 Å². The summed E-state index contributed by atoms with van der Waals surface area (Å²) in [5.74, 6) is -0.312. The van der Waals surface area contributed by atoms with Gasteiger partial charge < -0.3 is 10.6 Å². The second kappa shape index (κ2) is 6.18. The van der Waals surface area contributed by atoms with Crippen molar-refractivity contribution in [2.45, 2.75) is 37.8 Å². The Balaban J connectivity index is 0.00000128. The average molecular weight is 248 g/mol. The fraction of sp³-hybridized carbons (Fsp3) is 0.800. The molecular formula is C10H18ClN3O2. The molecule has 0 aliphatic carbocycles. The van der Waals surface area contributed by atoms with Gasteiger partial charge in [0.1, 0.15) is 0 Å². The first-order chi connectivity index (χ1) is 7.25. The Kier molecular flexibility index (Phi) is 5.18. The fourth-order valence-corrected chi connectivity index (χ4v) is 2.13. The number of hydrogen-bond donors (Lipinski definition) is 3. The number of carbonyl (C=O) groups excluding carboxylic acids is 2. The van der Waals surface area contributed by atoms with Crippen LogP contribution in [0.15, 0.2) is 0 Å².